The van der Waals surface area contributed by atoms with E-state index in [1.807, 2.05) is 39.0 Å². The number of rotatable bonds is 7. The van der Waals surface area contributed by atoms with Crippen LogP contribution in [-0.2, 0) is 17.7 Å². The number of nitrogen functional groups attached to an aromatic ring is 1. The fourth-order valence-electron chi connectivity index (χ4n) is 5.82. The molecule has 3 aromatic heterocycles. The van der Waals surface area contributed by atoms with Crippen LogP contribution in [0.5, 0.6) is 0 Å². The number of allylic oxidation sites excluding steroid dienone is 2. The molecule has 0 spiro atoms. The van der Waals surface area contributed by atoms with Gasteiger partial charge < -0.3 is 15.6 Å². The van der Waals surface area contributed by atoms with Crippen LogP contribution in [-0.4, -0.2) is 58.8 Å². The number of nitrogens with zero attached hydrogens (tertiary/aromatic N) is 5. The van der Waals surface area contributed by atoms with Gasteiger partial charge in [0.05, 0.1) is 19.0 Å². The molecule has 0 bridgehead atoms. The monoisotopic (exact) mass is 605 g/mol. The molecule has 1 aliphatic heterocycles. The highest BCUT2D eigenvalue weighted by molar-refractivity contribution is 6.09. The Morgan fingerprint density at radius 3 is 2.48 bits per heavy atom. The fourth-order valence-corrected chi connectivity index (χ4v) is 5.82. The van der Waals surface area contributed by atoms with E-state index >= 15 is 0 Å². The summed E-state index contributed by atoms with van der Waals surface area (Å²) in [5.41, 5.74) is 8.60. The van der Waals surface area contributed by atoms with Gasteiger partial charge in [-0.05, 0) is 51.2 Å². The number of alkyl halides is 1. The summed E-state index contributed by atoms with van der Waals surface area (Å²) in [7, 11) is 0. The summed E-state index contributed by atoms with van der Waals surface area (Å²) in [5.74, 6) is 0.253. The van der Waals surface area contributed by atoms with Crippen molar-refractivity contribution in [1.29, 1.82) is 0 Å². The summed E-state index contributed by atoms with van der Waals surface area (Å²) >= 11 is 0. The van der Waals surface area contributed by atoms with Crippen molar-refractivity contribution in [1.82, 2.24) is 29.1 Å². The molecule has 4 aromatic rings. The lowest BCUT2D eigenvalue weighted by Gasteiger charge is -2.18. The van der Waals surface area contributed by atoms with Gasteiger partial charge in [0, 0.05) is 24.1 Å². The zero-order valence-corrected chi connectivity index (χ0v) is 24.9. The molecule has 1 fully saturated rings. The van der Waals surface area contributed by atoms with E-state index in [0.29, 0.717) is 35.3 Å². The molecule has 4 N–H and O–H groups in total. The van der Waals surface area contributed by atoms with Crippen molar-refractivity contribution in [3.63, 3.8) is 0 Å². The maximum absolute atomic E-state index is 13.9. The highest BCUT2D eigenvalue weighted by Crippen LogP contribution is 2.33. The van der Waals surface area contributed by atoms with Gasteiger partial charge in [0.15, 0.2) is 17.7 Å². The van der Waals surface area contributed by atoms with Crippen LogP contribution >= 0.6 is 0 Å². The minimum absolute atomic E-state index is 0.154. The summed E-state index contributed by atoms with van der Waals surface area (Å²) in [6.07, 6.45) is 6.66. The normalized spacial score (nSPS) is 19.8. The zero-order valence-electron chi connectivity index (χ0n) is 24.9. The van der Waals surface area contributed by atoms with Gasteiger partial charge in [0.1, 0.15) is 23.7 Å². The number of halogens is 1. The molecule has 0 amide bonds. The van der Waals surface area contributed by atoms with E-state index < -0.39 is 29.8 Å². The van der Waals surface area contributed by atoms with E-state index in [1.54, 1.807) is 0 Å². The molecule has 1 aliphatic carbocycles. The number of benzene rings is 1. The average Bonchev–Trinajstić information content (AvgIpc) is 3.74. The largest absolute Gasteiger partial charge is 0.394 e. The molecule has 1 aromatic carbocycles. The summed E-state index contributed by atoms with van der Waals surface area (Å²) < 4.78 is 22.2. The maximum Gasteiger partial charge on any atom is 0.328 e. The number of ketones is 1. The van der Waals surface area contributed by atoms with Crippen LogP contribution in [0.3, 0.4) is 0 Å². The van der Waals surface area contributed by atoms with Gasteiger partial charge in [-0.25, -0.2) is 24.1 Å². The lowest BCUT2D eigenvalue weighted by atomic mass is 9.98. The molecule has 0 saturated carbocycles. The maximum atomic E-state index is 13.9. The number of aromatic nitrogens is 6. The van der Waals surface area contributed by atoms with Crippen molar-refractivity contribution >= 4 is 22.8 Å². The molecule has 44 heavy (non-hydrogen) atoms. The van der Waals surface area contributed by atoms with E-state index in [-0.39, 0.29) is 36.2 Å². The quantitative estimate of drug-likeness (QED) is 0.212. The Hall–Kier alpha value is -4.49. The van der Waals surface area contributed by atoms with Crippen LogP contribution < -0.4 is 17.0 Å². The number of imidazole rings is 1. The third-order valence-corrected chi connectivity index (χ3v) is 7.89. The number of aliphatic hydroxyl groups excluding tert-OH is 1. The van der Waals surface area contributed by atoms with Crippen LogP contribution in [0, 0.1) is 19.8 Å². The van der Waals surface area contributed by atoms with Crippen molar-refractivity contribution in [3.8, 4) is 0 Å². The number of aliphatic hydroxyl groups is 1. The number of carbonyl (C=O) groups is 1. The third kappa shape index (κ3) is 6.24. The second-order valence-corrected chi connectivity index (χ2v) is 11.2. The summed E-state index contributed by atoms with van der Waals surface area (Å²) in [4.78, 5) is 52.4. The number of hydrogen-bond donors (Lipinski definition) is 3. The Kier molecular flexibility index (Phi) is 9.16. The summed E-state index contributed by atoms with van der Waals surface area (Å²) in [6.45, 7) is 5.91. The van der Waals surface area contributed by atoms with E-state index in [2.05, 4.69) is 32.1 Å². The molecular formula is C31H36FN7O5. The topological polar surface area (TPSA) is 171 Å². The number of hydrogen-bond acceptors (Lipinski definition) is 9. The Bertz CT molecular complexity index is 1800. The number of fused-ring (bicyclic) bond motifs is 1. The molecule has 3 atom stereocenters. The molecule has 12 nitrogen and oxygen atoms in total. The predicted octanol–water partition coefficient (Wildman–Crippen LogP) is 2.94. The minimum atomic E-state index is -1.21. The van der Waals surface area contributed by atoms with Gasteiger partial charge >= 0.3 is 5.69 Å². The molecular weight excluding hydrogens is 569 g/mol. The smallest absolute Gasteiger partial charge is 0.328 e. The van der Waals surface area contributed by atoms with E-state index in [0.717, 1.165) is 24.0 Å². The van der Waals surface area contributed by atoms with E-state index in [1.165, 1.54) is 21.8 Å². The number of carbonyl (C=O) groups excluding carboxylic acids is 1. The summed E-state index contributed by atoms with van der Waals surface area (Å²) in [5, 5.41) is 8.99. The SMILES string of the molecule is CCc1c(C(=O)c2cc(C)cc(C)c2)n(CC2CC=CC2)c(=O)[nH]c1=O.Nc1ncnc2c1ncn2[C@@H]1O[C@H](CO)C[C@H]1F. The number of aromatic amines is 1. The van der Waals surface area contributed by atoms with Crippen LogP contribution in [0.15, 0.2) is 52.6 Å². The predicted molar refractivity (Wildman–Crippen MR) is 162 cm³/mol. The first-order chi connectivity index (χ1) is 21.1. The molecule has 0 unspecified atom stereocenters. The zero-order chi connectivity index (χ0) is 31.5. The highest BCUT2D eigenvalue weighted by Gasteiger charge is 2.37. The van der Waals surface area contributed by atoms with E-state index in [9.17, 15) is 18.8 Å². The standard InChI is InChI=1S/C21H24N2O3.C10H12FN5O2/c1-4-17-18(19(24)16-10-13(2)9-14(3)11-16)23(21(26)22-20(17)25)12-15-7-5-6-8-15;11-6-1-5(2-17)18-10(6)16-4-15-7-8(12)13-3-14-9(7)16/h5-6,9-11,15H,4,7-8,12H2,1-3H3,(H,22,25,26);3-6,10,17H,1-2H2,(H2,12,13,14)/t;5-,6+,10+/m.0/s1. The Morgan fingerprint density at radius 1 is 1.14 bits per heavy atom. The number of aryl methyl sites for hydroxylation is 2. The number of H-pyrrole nitrogens is 1. The van der Waals surface area contributed by atoms with Crippen molar-refractivity contribution in [3.05, 3.63) is 91.8 Å². The van der Waals surface area contributed by atoms with Gasteiger partial charge in [-0.15, -0.1) is 0 Å². The lowest BCUT2D eigenvalue weighted by molar-refractivity contribution is -0.0351. The summed E-state index contributed by atoms with van der Waals surface area (Å²) in [6, 6.07) is 5.61. The third-order valence-electron chi connectivity index (χ3n) is 7.89. The highest BCUT2D eigenvalue weighted by atomic mass is 19.1. The van der Waals surface area contributed by atoms with E-state index in [4.69, 9.17) is 15.6 Å². The van der Waals surface area contributed by atoms with Crippen molar-refractivity contribution in [2.24, 2.45) is 5.92 Å². The number of nitrogens with two attached hydrogens (primary N) is 1. The van der Waals surface area contributed by atoms with Crippen molar-refractivity contribution in [2.45, 2.75) is 71.5 Å². The van der Waals surface area contributed by atoms with Gasteiger partial charge in [0.25, 0.3) is 5.56 Å². The molecule has 2 aliphatic rings. The first kappa shape index (κ1) is 31.0. The van der Waals surface area contributed by atoms with Crippen LogP contribution in [0.4, 0.5) is 10.2 Å². The van der Waals surface area contributed by atoms with Gasteiger partial charge in [-0.3, -0.25) is 23.7 Å². The Morgan fingerprint density at radius 2 is 1.84 bits per heavy atom. The van der Waals surface area contributed by atoms with Gasteiger partial charge in [-0.1, -0.05) is 36.3 Å². The fraction of sp³-hybridized carbons (Fsp3) is 0.419. The van der Waals surface area contributed by atoms with Gasteiger partial charge in [-0.2, -0.15) is 0 Å². The van der Waals surface area contributed by atoms with Gasteiger partial charge in [0.2, 0.25) is 5.78 Å². The average molecular weight is 606 g/mol. The molecule has 4 heterocycles. The first-order valence-electron chi connectivity index (χ1n) is 14.6. The number of anilines is 1. The van der Waals surface area contributed by atoms with Crippen LogP contribution in [0.25, 0.3) is 11.2 Å². The second kappa shape index (κ2) is 13.0. The Balaban J connectivity index is 0.000000186. The second-order valence-electron chi connectivity index (χ2n) is 11.2. The molecule has 1 saturated heterocycles. The Labute approximate surface area is 252 Å². The molecule has 6 rings (SSSR count). The van der Waals surface area contributed by atoms with Crippen LogP contribution in [0.1, 0.15) is 65.2 Å². The molecule has 13 heteroatoms. The lowest BCUT2D eigenvalue weighted by Crippen LogP contribution is -2.38. The molecule has 0 radical (unpaired) electrons. The number of nitrogens with one attached hydrogen (secondary N) is 1. The molecule has 232 valence electrons. The minimum Gasteiger partial charge on any atom is -0.394 e. The van der Waals surface area contributed by atoms with Crippen molar-refractivity contribution in [2.75, 3.05) is 12.3 Å². The van der Waals surface area contributed by atoms with Crippen LogP contribution in [0.2, 0.25) is 0 Å². The first-order valence-corrected chi connectivity index (χ1v) is 14.6. The van der Waals surface area contributed by atoms with Crippen molar-refractivity contribution < 1.29 is 19.0 Å². The number of ether oxygens (including phenoxy) is 1.